The molecule has 0 atom stereocenters. The van der Waals surface area contributed by atoms with E-state index in [0.29, 0.717) is 17.2 Å². The number of nitrogens with zero attached hydrogens (tertiary/aromatic N) is 3. The average molecular weight is 331 g/mol. The zero-order valence-corrected chi connectivity index (χ0v) is 14.6. The van der Waals surface area contributed by atoms with Gasteiger partial charge < -0.3 is 4.74 Å². The summed E-state index contributed by atoms with van der Waals surface area (Å²) < 4.78 is 6.70. The Hall–Kier alpha value is -2.47. The number of aromatic nitrogens is 2. The van der Waals surface area contributed by atoms with Gasteiger partial charge >= 0.3 is 0 Å². The molecule has 0 spiro atoms. The van der Waals surface area contributed by atoms with Crippen LogP contribution in [0.25, 0.3) is 5.57 Å². The van der Waals surface area contributed by atoms with Crippen LogP contribution in [0, 0.1) is 6.92 Å². The standard InChI is InChI=1S/C17H21N3O2S/c1-8-10-19(9-2)20-14(7)18-16(23)15(17(20)21)12(5)13(6)22-11(3)4/h8-10,23H,2-3,5-6H2,1,4,7H3/b10-8-. The number of thiol groups is 1. The highest BCUT2D eigenvalue weighted by Gasteiger charge is 2.19. The van der Waals surface area contributed by atoms with Gasteiger partial charge in [0.2, 0.25) is 0 Å². The van der Waals surface area contributed by atoms with E-state index in [9.17, 15) is 4.79 Å². The lowest BCUT2D eigenvalue weighted by Gasteiger charge is -2.22. The molecule has 6 heteroatoms. The van der Waals surface area contributed by atoms with E-state index < -0.39 is 0 Å². The maximum absolute atomic E-state index is 12.9. The summed E-state index contributed by atoms with van der Waals surface area (Å²) in [6.45, 7) is 20.2. The van der Waals surface area contributed by atoms with Gasteiger partial charge in [0.05, 0.1) is 11.3 Å². The van der Waals surface area contributed by atoms with Crippen molar-refractivity contribution in [2.45, 2.75) is 25.8 Å². The summed E-state index contributed by atoms with van der Waals surface area (Å²) in [4.78, 5) is 17.2. The van der Waals surface area contributed by atoms with E-state index in [1.807, 2.05) is 6.92 Å². The molecular weight excluding hydrogens is 310 g/mol. The molecular formula is C17H21N3O2S. The second-order valence-corrected chi connectivity index (χ2v) is 5.15. The van der Waals surface area contributed by atoms with Gasteiger partial charge in [0.1, 0.15) is 16.6 Å². The third-order valence-electron chi connectivity index (χ3n) is 2.86. The Morgan fingerprint density at radius 3 is 2.48 bits per heavy atom. The topological polar surface area (TPSA) is 47.4 Å². The predicted octanol–water partition coefficient (Wildman–Crippen LogP) is 3.53. The number of hydrogen-bond acceptors (Lipinski definition) is 5. The summed E-state index contributed by atoms with van der Waals surface area (Å²) in [5.74, 6) is 1.12. The van der Waals surface area contributed by atoms with Gasteiger partial charge in [-0.05, 0) is 20.8 Å². The summed E-state index contributed by atoms with van der Waals surface area (Å²) in [6, 6.07) is 0. The van der Waals surface area contributed by atoms with Crippen LogP contribution >= 0.6 is 12.6 Å². The first-order valence-electron chi connectivity index (χ1n) is 6.83. The number of ether oxygens (including phenoxy) is 1. The second kappa shape index (κ2) is 7.69. The number of hydrogen-bond donors (Lipinski definition) is 1. The Morgan fingerprint density at radius 2 is 2.00 bits per heavy atom. The van der Waals surface area contributed by atoms with Gasteiger partial charge in [-0.3, -0.25) is 9.80 Å². The fraction of sp³-hybridized carbons (Fsp3) is 0.176. The van der Waals surface area contributed by atoms with Gasteiger partial charge in [0.15, 0.2) is 0 Å². The number of allylic oxidation sites excluding steroid dienone is 3. The quantitative estimate of drug-likeness (QED) is 0.359. The van der Waals surface area contributed by atoms with Crippen molar-refractivity contribution < 1.29 is 4.74 Å². The first-order valence-corrected chi connectivity index (χ1v) is 7.27. The molecule has 0 saturated carbocycles. The van der Waals surface area contributed by atoms with Crippen LogP contribution in [0.2, 0.25) is 0 Å². The SMILES string of the molecule is C=CN(/C=C\C)n1c(C)nc(S)c(C(=C)C(=C)OC(=C)C)c1=O. The van der Waals surface area contributed by atoms with E-state index >= 15 is 0 Å². The van der Waals surface area contributed by atoms with Crippen LogP contribution in [0.15, 0.2) is 66.1 Å². The zero-order chi connectivity index (χ0) is 17.7. The Balaban J connectivity index is 3.54. The van der Waals surface area contributed by atoms with Gasteiger partial charge in [-0.2, -0.15) is 4.68 Å². The van der Waals surface area contributed by atoms with Crippen molar-refractivity contribution in [1.29, 1.82) is 0 Å². The molecule has 1 aromatic rings. The van der Waals surface area contributed by atoms with Crippen LogP contribution in [-0.2, 0) is 4.74 Å². The molecule has 1 heterocycles. The van der Waals surface area contributed by atoms with E-state index in [2.05, 4.69) is 43.9 Å². The molecule has 0 aliphatic carbocycles. The summed E-state index contributed by atoms with van der Waals surface area (Å²) in [5, 5.41) is 1.78. The van der Waals surface area contributed by atoms with Crippen molar-refractivity contribution in [2.75, 3.05) is 5.01 Å². The molecule has 1 aromatic heterocycles. The van der Waals surface area contributed by atoms with Crippen molar-refractivity contribution in [1.82, 2.24) is 9.66 Å². The average Bonchev–Trinajstić information content (AvgIpc) is 2.44. The van der Waals surface area contributed by atoms with Gasteiger partial charge in [0.25, 0.3) is 5.56 Å². The van der Waals surface area contributed by atoms with E-state index in [1.54, 1.807) is 26.1 Å². The minimum Gasteiger partial charge on any atom is -0.463 e. The van der Waals surface area contributed by atoms with Crippen molar-refractivity contribution in [3.05, 3.63) is 78.1 Å². The summed E-state index contributed by atoms with van der Waals surface area (Å²) in [7, 11) is 0. The fourth-order valence-electron chi connectivity index (χ4n) is 1.91. The van der Waals surface area contributed by atoms with Crippen molar-refractivity contribution in [3.8, 4) is 0 Å². The number of rotatable bonds is 7. The van der Waals surface area contributed by atoms with Gasteiger partial charge in [-0.15, -0.1) is 12.6 Å². The molecule has 0 aliphatic rings. The van der Waals surface area contributed by atoms with Crippen molar-refractivity contribution in [2.24, 2.45) is 0 Å². The lowest BCUT2D eigenvalue weighted by molar-refractivity contribution is 0.330. The molecule has 1 rings (SSSR count). The molecule has 122 valence electrons. The first-order chi connectivity index (χ1) is 10.7. The Morgan fingerprint density at radius 1 is 1.39 bits per heavy atom. The molecule has 0 unspecified atom stereocenters. The monoisotopic (exact) mass is 331 g/mol. The van der Waals surface area contributed by atoms with Crippen LogP contribution in [-0.4, -0.2) is 9.66 Å². The molecule has 5 nitrogen and oxygen atoms in total. The minimum atomic E-state index is -0.350. The van der Waals surface area contributed by atoms with E-state index in [-0.39, 0.29) is 21.9 Å². The second-order valence-electron chi connectivity index (χ2n) is 4.73. The summed E-state index contributed by atoms with van der Waals surface area (Å²) in [5.41, 5.74) is 0.159. The molecule has 23 heavy (non-hydrogen) atoms. The molecule has 0 fully saturated rings. The summed E-state index contributed by atoms with van der Waals surface area (Å²) >= 11 is 4.29. The first kappa shape index (κ1) is 18.6. The third kappa shape index (κ3) is 4.04. The highest BCUT2D eigenvalue weighted by atomic mass is 32.1. The van der Waals surface area contributed by atoms with Gasteiger partial charge in [-0.1, -0.05) is 32.4 Å². The molecule has 0 N–H and O–H groups in total. The lowest BCUT2D eigenvalue weighted by Crippen LogP contribution is -2.38. The minimum absolute atomic E-state index is 0.210. The van der Waals surface area contributed by atoms with Crippen molar-refractivity contribution in [3.63, 3.8) is 0 Å². The highest BCUT2D eigenvalue weighted by molar-refractivity contribution is 7.80. The van der Waals surface area contributed by atoms with Crippen LogP contribution in [0.3, 0.4) is 0 Å². The van der Waals surface area contributed by atoms with Crippen molar-refractivity contribution >= 4 is 18.2 Å². The maximum atomic E-state index is 12.9. The third-order valence-corrected chi connectivity index (χ3v) is 3.18. The normalized spacial score (nSPS) is 10.4. The summed E-state index contributed by atoms with van der Waals surface area (Å²) in [6.07, 6.45) is 4.97. The fourth-order valence-corrected chi connectivity index (χ4v) is 2.29. The molecule has 0 aromatic carbocycles. The van der Waals surface area contributed by atoms with E-state index in [0.717, 1.165) is 0 Å². The van der Waals surface area contributed by atoms with Crippen LogP contribution in [0.5, 0.6) is 0 Å². The van der Waals surface area contributed by atoms with Gasteiger partial charge in [-0.25, -0.2) is 4.98 Å². The Bertz CT molecular complexity index is 760. The molecule has 0 radical (unpaired) electrons. The maximum Gasteiger partial charge on any atom is 0.282 e. The van der Waals surface area contributed by atoms with Crippen LogP contribution < -0.4 is 10.6 Å². The highest BCUT2D eigenvalue weighted by Crippen LogP contribution is 2.24. The number of aryl methyl sites for hydroxylation is 1. The lowest BCUT2D eigenvalue weighted by atomic mass is 10.1. The Labute approximate surface area is 142 Å². The van der Waals surface area contributed by atoms with Crippen LogP contribution in [0.1, 0.15) is 25.2 Å². The Kier molecular flexibility index (Phi) is 6.21. The molecule has 0 saturated heterocycles. The van der Waals surface area contributed by atoms with Gasteiger partial charge in [0, 0.05) is 18.0 Å². The predicted molar refractivity (Wildman–Crippen MR) is 97.8 cm³/mol. The zero-order valence-electron chi connectivity index (χ0n) is 13.7. The molecule has 0 bridgehead atoms. The van der Waals surface area contributed by atoms with E-state index in [4.69, 9.17) is 4.74 Å². The smallest absolute Gasteiger partial charge is 0.282 e. The van der Waals surface area contributed by atoms with Crippen LogP contribution in [0.4, 0.5) is 0 Å². The van der Waals surface area contributed by atoms with E-state index in [1.165, 1.54) is 15.9 Å². The molecule has 0 aliphatic heterocycles. The largest absolute Gasteiger partial charge is 0.463 e. The molecule has 0 amide bonds.